The fourth-order valence-electron chi connectivity index (χ4n) is 5.78. The van der Waals surface area contributed by atoms with E-state index in [0.717, 1.165) is 97.1 Å². The van der Waals surface area contributed by atoms with Gasteiger partial charge in [0.1, 0.15) is 22.1 Å². The monoisotopic (exact) mass is 914 g/mol. The van der Waals surface area contributed by atoms with Gasteiger partial charge in [-0.2, -0.15) is 52.7 Å². The van der Waals surface area contributed by atoms with Crippen molar-refractivity contribution in [3.8, 4) is 45.0 Å². The predicted molar refractivity (Wildman–Crippen MR) is 190 cm³/mol. The second kappa shape index (κ2) is 13.8. The number of alkyl halides is 12. The molecule has 2 aromatic heterocycles. The van der Waals surface area contributed by atoms with E-state index < -0.39 is 47.0 Å². The normalized spacial score (nSPS) is 12.8. The van der Waals surface area contributed by atoms with E-state index in [2.05, 4.69) is 31.9 Å². The first-order chi connectivity index (χ1) is 26.1. The Balaban J connectivity index is 1.51. The summed E-state index contributed by atoms with van der Waals surface area (Å²) in [7, 11) is 0. The van der Waals surface area contributed by atoms with Crippen LogP contribution in [0.3, 0.4) is 0 Å². The van der Waals surface area contributed by atoms with Gasteiger partial charge >= 0.3 is 24.7 Å². The molecule has 2 heterocycles. The van der Waals surface area contributed by atoms with Crippen molar-refractivity contribution in [3.05, 3.63) is 128 Å². The standard InChI is InChI=1S/C38H16Br2F12N4/c39-25-31-32(54-28(18-3-11-22(12-4-18)36(44,45)46)27(53-31)17-1-9-21(10-2-17)35(41,42)43)26(40)34-33(25)55-29(19-5-13-23(14-6-19)37(47,48)49)30(56-34)20-7-15-24(16-8-20)38(50,51)52/h1-16H. The Morgan fingerprint density at radius 1 is 0.286 bits per heavy atom. The topological polar surface area (TPSA) is 51.6 Å². The Labute approximate surface area is 323 Å². The lowest BCUT2D eigenvalue weighted by molar-refractivity contribution is -0.138. The number of hydrogen-bond acceptors (Lipinski definition) is 4. The van der Waals surface area contributed by atoms with E-state index in [1.54, 1.807) is 0 Å². The molecule has 18 heteroatoms. The van der Waals surface area contributed by atoms with Crippen LogP contribution in [0.2, 0.25) is 0 Å². The summed E-state index contributed by atoms with van der Waals surface area (Å²) >= 11 is 6.91. The zero-order chi connectivity index (χ0) is 40.5. The molecule has 7 rings (SSSR count). The van der Waals surface area contributed by atoms with Crippen LogP contribution in [0.5, 0.6) is 0 Å². The third-order valence-corrected chi connectivity index (χ3v) is 10.1. The SMILES string of the molecule is FC(F)(F)c1ccc(-c2nc3c(Br)c4nc(-c5ccc(C(F)(F)F)cc5)c(-c5ccc(C(F)(F)F)cc5)nc4c(Br)c3nc2-c2ccc(C(F)(F)F)cc2)cc1. The molecule has 0 aliphatic carbocycles. The quantitative estimate of drug-likeness (QED) is 0.130. The van der Waals surface area contributed by atoms with Gasteiger partial charge in [-0.3, -0.25) is 0 Å². The van der Waals surface area contributed by atoms with Gasteiger partial charge in [0.15, 0.2) is 0 Å². The third-order valence-electron chi connectivity index (χ3n) is 8.57. The molecule has 0 saturated carbocycles. The van der Waals surface area contributed by atoms with Crippen molar-refractivity contribution in [2.45, 2.75) is 24.7 Å². The van der Waals surface area contributed by atoms with Crippen LogP contribution >= 0.6 is 31.9 Å². The van der Waals surface area contributed by atoms with Crippen molar-refractivity contribution in [1.29, 1.82) is 0 Å². The highest BCUT2D eigenvalue weighted by molar-refractivity contribution is 9.11. The van der Waals surface area contributed by atoms with Gasteiger partial charge in [-0.05, 0) is 80.4 Å². The maximum Gasteiger partial charge on any atom is 0.416 e. The smallest absolute Gasteiger partial charge is 0.243 e. The lowest BCUT2D eigenvalue weighted by atomic mass is 10.0. The molecule has 0 amide bonds. The van der Waals surface area contributed by atoms with Crippen molar-refractivity contribution < 1.29 is 52.7 Å². The van der Waals surface area contributed by atoms with Crippen LogP contribution in [0, 0.1) is 0 Å². The number of benzene rings is 5. The van der Waals surface area contributed by atoms with Gasteiger partial charge < -0.3 is 0 Å². The summed E-state index contributed by atoms with van der Waals surface area (Å²) in [4.78, 5) is 18.8. The van der Waals surface area contributed by atoms with Crippen LogP contribution in [-0.4, -0.2) is 19.9 Å². The van der Waals surface area contributed by atoms with Crippen LogP contribution < -0.4 is 0 Å². The molecular weight excluding hydrogens is 900 g/mol. The molecule has 0 unspecified atom stereocenters. The molecular formula is C38H16Br2F12N4. The maximum atomic E-state index is 13.4. The summed E-state index contributed by atoms with van der Waals surface area (Å²) in [5, 5.41) is 0. The van der Waals surface area contributed by atoms with Crippen LogP contribution in [-0.2, 0) is 24.7 Å². The van der Waals surface area contributed by atoms with Crippen molar-refractivity contribution in [2.75, 3.05) is 0 Å². The number of halogens is 14. The lowest BCUT2D eigenvalue weighted by Crippen LogP contribution is -2.06. The van der Waals surface area contributed by atoms with Gasteiger partial charge in [0.25, 0.3) is 0 Å². The number of aromatic nitrogens is 4. The average Bonchev–Trinajstić information content (AvgIpc) is 3.15. The van der Waals surface area contributed by atoms with E-state index in [9.17, 15) is 52.7 Å². The molecule has 0 aliphatic rings. The Bertz CT molecular complexity index is 2260. The van der Waals surface area contributed by atoms with Crippen molar-refractivity contribution in [3.63, 3.8) is 0 Å². The Morgan fingerprint density at radius 2 is 0.446 bits per heavy atom. The number of rotatable bonds is 4. The number of fused-ring (bicyclic) bond motifs is 2. The zero-order valence-electron chi connectivity index (χ0n) is 27.3. The van der Waals surface area contributed by atoms with Gasteiger partial charge in [0, 0.05) is 22.3 Å². The van der Waals surface area contributed by atoms with E-state index in [1.807, 2.05) is 0 Å². The van der Waals surface area contributed by atoms with Crippen molar-refractivity contribution in [1.82, 2.24) is 19.9 Å². The van der Waals surface area contributed by atoms with Crippen LogP contribution in [0.15, 0.2) is 106 Å². The highest BCUT2D eigenvalue weighted by Gasteiger charge is 2.34. The molecule has 7 aromatic rings. The average molecular weight is 916 g/mol. The molecule has 5 aromatic carbocycles. The maximum absolute atomic E-state index is 13.4. The summed E-state index contributed by atoms with van der Waals surface area (Å²) in [5.41, 5.74) is -3.41. The van der Waals surface area contributed by atoms with Gasteiger partial charge in [0.2, 0.25) is 0 Å². The first-order valence-corrected chi connectivity index (χ1v) is 17.3. The minimum Gasteiger partial charge on any atom is -0.243 e. The summed E-state index contributed by atoms with van der Waals surface area (Å²) in [6.07, 6.45) is -18.7. The summed E-state index contributed by atoms with van der Waals surface area (Å²) in [6.45, 7) is 0. The zero-order valence-corrected chi connectivity index (χ0v) is 30.5. The second-order valence-electron chi connectivity index (χ2n) is 12.2. The molecule has 286 valence electrons. The second-order valence-corrected chi connectivity index (χ2v) is 13.8. The van der Waals surface area contributed by atoms with E-state index in [1.165, 1.54) is 0 Å². The fourth-order valence-corrected chi connectivity index (χ4v) is 6.89. The number of hydrogen-bond donors (Lipinski definition) is 0. The van der Waals surface area contributed by atoms with Crippen LogP contribution in [0.4, 0.5) is 52.7 Å². The van der Waals surface area contributed by atoms with E-state index in [4.69, 9.17) is 19.9 Å². The summed E-state index contributed by atoms with van der Waals surface area (Å²) in [6, 6.07) is 15.4. The largest absolute Gasteiger partial charge is 0.416 e. The summed E-state index contributed by atoms with van der Waals surface area (Å²) in [5.74, 6) is 0. The first kappa shape index (κ1) is 39.1. The first-order valence-electron chi connectivity index (χ1n) is 15.7. The predicted octanol–water partition coefficient (Wildman–Crippen LogP) is 13.8. The van der Waals surface area contributed by atoms with E-state index in [-0.39, 0.29) is 76.0 Å². The molecule has 0 N–H and O–H groups in total. The Hall–Kier alpha value is -5.10. The van der Waals surface area contributed by atoms with Crippen molar-refractivity contribution >= 4 is 53.9 Å². The minimum atomic E-state index is -4.68. The van der Waals surface area contributed by atoms with Gasteiger partial charge in [-0.15, -0.1) is 0 Å². The molecule has 0 bridgehead atoms. The lowest BCUT2D eigenvalue weighted by Gasteiger charge is -2.17. The molecule has 0 atom stereocenters. The van der Waals surface area contributed by atoms with E-state index in [0.29, 0.717) is 0 Å². The molecule has 0 saturated heterocycles. The van der Waals surface area contributed by atoms with E-state index >= 15 is 0 Å². The highest BCUT2D eigenvalue weighted by atomic mass is 79.9. The van der Waals surface area contributed by atoms with Crippen LogP contribution in [0.1, 0.15) is 22.3 Å². The Kier molecular flexibility index (Phi) is 9.66. The number of nitrogens with zero attached hydrogens (tertiary/aromatic N) is 4. The van der Waals surface area contributed by atoms with Gasteiger partial charge in [-0.1, -0.05) is 48.5 Å². The Morgan fingerprint density at radius 3 is 0.589 bits per heavy atom. The fraction of sp³-hybridized carbons (Fsp3) is 0.105. The molecule has 0 aliphatic heterocycles. The molecule has 0 spiro atoms. The van der Waals surface area contributed by atoms with Crippen molar-refractivity contribution in [2.24, 2.45) is 0 Å². The molecule has 4 nitrogen and oxygen atoms in total. The molecule has 0 radical (unpaired) electrons. The van der Waals surface area contributed by atoms with Crippen LogP contribution in [0.25, 0.3) is 67.1 Å². The molecule has 0 fully saturated rings. The highest BCUT2D eigenvalue weighted by Crippen LogP contribution is 2.44. The van der Waals surface area contributed by atoms with Gasteiger partial charge in [-0.25, -0.2) is 19.9 Å². The minimum absolute atomic E-state index is 0.0322. The summed E-state index contributed by atoms with van der Waals surface area (Å²) < 4.78 is 162. The third kappa shape index (κ3) is 7.43. The molecule has 56 heavy (non-hydrogen) atoms. The van der Waals surface area contributed by atoms with Gasteiger partial charge in [0.05, 0.1) is 54.0 Å².